The van der Waals surface area contributed by atoms with Crippen LogP contribution in [0.3, 0.4) is 0 Å². The molecular weight excluding hydrogens is 308 g/mol. The highest BCUT2D eigenvalue weighted by atomic mass is 79.9. The number of benzene rings is 1. The molecule has 1 saturated carbocycles. The van der Waals surface area contributed by atoms with Crippen LogP contribution in [0, 0.1) is 5.92 Å². The molecule has 0 radical (unpaired) electrons. The number of thiocarbonyl (C=S) groups is 1. The molecule has 1 aliphatic carbocycles. The van der Waals surface area contributed by atoms with Gasteiger partial charge in [-0.2, -0.15) is 0 Å². The molecule has 18 heavy (non-hydrogen) atoms. The molecule has 1 atom stereocenters. The lowest BCUT2D eigenvalue weighted by Crippen LogP contribution is -2.22. The van der Waals surface area contributed by atoms with Crippen molar-refractivity contribution in [1.29, 1.82) is 0 Å². The molecule has 0 saturated heterocycles. The quantitative estimate of drug-likeness (QED) is 0.774. The first-order valence-electron chi connectivity index (χ1n) is 6.46. The van der Waals surface area contributed by atoms with Gasteiger partial charge in [-0.05, 0) is 37.0 Å². The topological polar surface area (TPSA) is 38.0 Å². The van der Waals surface area contributed by atoms with Crippen molar-refractivity contribution in [3.8, 4) is 0 Å². The van der Waals surface area contributed by atoms with Crippen molar-refractivity contribution in [1.82, 2.24) is 0 Å². The molecule has 1 aromatic carbocycles. The van der Waals surface area contributed by atoms with Gasteiger partial charge in [-0.25, -0.2) is 0 Å². The lowest BCUT2D eigenvalue weighted by Gasteiger charge is -2.20. The number of nitrogens with two attached hydrogens (primary N) is 1. The van der Waals surface area contributed by atoms with Gasteiger partial charge >= 0.3 is 0 Å². The Labute approximate surface area is 122 Å². The van der Waals surface area contributed by atoms with E-state index in [0.29, 0.717) is 11.0 Å². The maximum atomic E-state index is 5.78. The minimum absolute atomic E-state index is 0.445. The highest BCUT2D eigenvalue weighted by molar-refractivity contribution is 9.10. The van der Waals surface area contributed by atoms with E-state index in [9.17, 15) is 0 Å². The zero-order valence-corrected chi connectivity index (χ0v) is 13.0. The SMILES string of the molecule is CCC(CC1CC1)Nc1ccc(Br)cc1C(N)=S. The number of rotatable bonds is 6. The molecule has 2 nitrogen and oxygen atoms in total. The summed E-state index contributed by atoms with van der Waals surface area (Å²) < 4.78 is 1.01. The van der Waals surface area contributed by atoms with Crippen molar-refractivity contribution in [2.45, 2.75) is 38.6 Å². The summed E-state index contributed by atoms with van der Waals surface area (Å²) in [6, 6.07) is 6.57. The molecule has 2 rings (SSSR count). The third-order valence-corrected chi connectivity index (χ3v) is 4.13. The minimum Gasteiger partial charge on any atom is -0.389 e. The first kappa shape index (κ1) is 13.8. The van der Waals surface area contributed by atoms with Crippen molar-refractivity contribution in [3.63, 3.8) is 0 Å². The molecule has 3 N–H and O–H groups in total. The van der Waals surface area contributed by atoms with Crippen molar-refractivity contribution >= 4 is 38.8 Å². The molecule has 1 unspecified atom stereocenters. The van der Waals surface area contributed by atoms with Crippen LogP contribution in [0.1, 0.15) is 38.2 Å². The van der Waals surface area contributed by atoms with Gasteiger partial charge in [-0.1, -0.05) is 47.9 Å². The van der Waals surface area contributed by atoms with Crippen molar-refractivity contribution in [2.75, 3.05) is 5.32 Å². The standard InChI is InChI=1S/C14H19BrN2S/c1-2-11(7-9-3-4-9)17-13-6-5-10(15)8-12(13)14(16)18/h5-6,8-9,11,17H,2-4,7H2,1H3,(H2,16,18). The largest absolute Gasteiger partial charge is 0.389 e. The number of hydrogen-bond acceptors (Lipinski definition) is 2. The van der Waals surface area contributed by atoms with Crippen LogP contribution in [0.15, 0.2) is 22.7 Å². The molecule has 98 valence electrons. The summed E-state index contributed by atoms with van der Waals surface area (Å²) in [5, 5.41) is 3.59. The second kappa shape index (κ2) is 6.02. The Morgan fingerprint density at radius 1 is 1.56 bits per heavy atom. The molecule has 1 fully saturated rings. The summed E-state index contributed by atoms with van der Waals surface area (Å²) in [5.74, 6) is 0.922. The predicted octanol–water partition coefficient (Wildman–Crippen LogP) is 4.07. The van der Waals surface area contributed by atoms with Crippen LogP contribution in [-0.4, -0.2) is 11.0 Å². The lowest BCUT2D eigenvalue weighted by molar-refractivity contribution is 0.587. The zero-order valence-electron chi connectivity index (χ0n) is 10.6. The fourth-order valence-electron chi connectivity index (χ4n) is 2.15. The molecule has 1 aliphatic rings. The van der Waals surface area contributed by atoms with Gasteiger partial charge in [0.2, 0.25) is 0 Å². The summed E-state index contributed by atoms with van der Waals surface area (Å²) in [4.78, 5) is 0.445. The monoisotopic (exact) mass is 326 g/mol. The summed E-state index contributed by atoms with van der Waals surface area (Å²) in [7, 11) is 0. The summed E-state index contributed by atoms with van der Waals surface area (Å²) in [5.41, 5.74) is 7.76. The Hall–Kier alpha value is -0.610. The van der Waals surface area contributed by atoms with E-state index in [1.54, 1.807) is 0 Å². The smallest absolute Gasteiger partial charge is 0.106 e. The van der Waals surface area contributed by atoms with Gasteiger partial charge in [0, 0.05) is 21.8 Å². The number of halogens is 1. The second-order valence-electron chi connectivity index (χ2n) is 4.98. The van der Waals surface area contributed by atoms with Gasteiger partial charge in [0.1, 0.15) is 4.99 Å². The van der Waals surface area contributed by atoms with Crippen LogP contribution in [-0.2, 0) is 0 Å². The van der Waals surface area contributed by atoms with Gasteiger partial charge < -0.3 is 11.1 Å². The van der Waals surface area contributed by atoms with E-state index in [1.807, 2.05) is 18.2 Å². The molecule has 0 bridgehead atoms. The third-order valence-electron chi connectivity index (χ3n) is 3.41. The molecule has 0 heterocycles. The van der Waals surface area contributed by atoms with Gasteiger partial charge in [0.25, 0.3) is 0 Å². The molecule has 4 heteroatoms. The summed E-state index contributed by atoms with van der Waals surface area (Å²) >= 11 is 8.57. The zero-order chi connectivity index (χ0) is 13.1. The molecular formula is C14H19BrN2S. The highest BCUT2D eigenvalue weighted by Gasteiger charge is 2.25. The third kappa shape index (κ3) is 3.69. The average molecular weight is 327 g/mol. The average Bonchev–Trinajstić information content (AvgIpc) is 3.14. The Morgan fingerprint density at radius 2 is 2.28 bits per heavy atom. The Morgan fingerprint density at radius 3 is 2.83 bits per heavy atom. The van der Waals surface area contributed by atoms with E-state index in [0.717, 1.165) is 28.1 Å². The molecule has 0 spiro atoms. The first-order valence-corrected chi connectivity index (χ1v) is 7.66. The van der Waals surface area contributed by atoms with E-state index in [4.69, 9.17) is 18.0 Å². The van der Waals surface area contributed by atoms with E-state index in [1.165, 1.54) is 19.3 Å². The molecule has 0 aliphatic heterocycles. The summed E-state index contributed by atoms with van der Waals surface area (Å²) in [6.45, 7) is 2.22. The van der Waals surface area contributed by atoms with Gasteiger partial charge in [0.05, 0.1) is 0 Å². The number of anilines is 1. The highest BCUT2D eigenvalue weighted by Crippen LogP contribution is 2.35. The Bertz CT molecular complexity index is 443. The fraction of sp³-hybridized carbons (Fsp3) is 0.500. The van der Waals surface area contributed by atoms with Crippen molar-refractivity contribution in [2.24, 2.45) is 11.7 Å². The van der Waals surface area contributed by atoms with E-state index >= 15 is 0 Å². The van der Waals surface area contributed by atoms with E-state index < -0.39 is 0 Å². The first-order chi connectivity index (χ1) is 8.60. The van der Waals surface area contributed by atoms with Crippen molar-refractivity contribution in [3.05, 3.63) is 28.2 Å². The fourth-order valence-corrected chi connectivity index (χ4v) is 2.68. The van der Waals surface area contributed by atoms with Crippen LogP contribution in [0.25, 0.3) is 0 Å². The van der Waals surface area contributed by atoms with Crippen LogP contribution in [0.4, 0.5) is 5.69 Å². The molecule has 0 aromatic heterocycles. The van der Waals surface area contributed by atoms with Crippen LogP contribution in [0.5, 0.6) is 0 Å². The minimum atomic E-state index is 0.445. The predicted molar refractivity (Wildman–Crippen MR) is 85.1 cm³/mol. The lowest BCUT2D eigenvalue weighted by atomic mass is 10.1. The molecule has 1 aromatic rings. The van der Waals surface area contributed by atoms with E-state index in [2.05, 4.69) is 28.2 Å². The van der Waals surface area contributed by atoms with Crippen LogP contribution < -0.4 is 11.1 Å². The number of hydrogen-bond donors (Lipinski definition) is 2. The molecule has 0 amide bonds. The van der Waals surface area contributed by atoms with E-state index in [-0.39, 0.29) is 0 Å². The van der Waals surface area contributed by atoms with Gasteiger partial charge in [-0.15, -0.1) is 0 Å². The maximum absolute atomic E-state index is 5.78. The second-order valence-corrected chi connectivity index (χ2v) is 6.34. The van der Waals surface area contributed by atoms with Crippen molar-refractivity contribution < 1.29 is 0 Å². The van der Waals surface area contributed by atoms with Crippen LogP contribution in [0.2, 0.25) is 0 Å². The van der Waals surface area contributed by atoms with Gasteiger partial charge in [0.15, 0.2) is 0 Å². The Balaban J connectivity index is 2.13. The normalized spacial score (nSPS) is 16.3. The maximum Gasteiger partial charge on any atom is 0.106 e. The summed E-state index contributed by atoms with van der Waals surface area (Å²) in [6.07, 6.45) is 5.16. The Kier molecular flexibility index (Phi) is 4.62. The van der Waals surface area contributed by atoms with Gasteiger partial charge in [-0.3, -0.25) is 0 Å². The van der Waals surface area contributed by atoms with Crippen LogP contribution >= 0.6 is 28.1 Å². The number of nitrogens with one attached hydrogen (secondary N) is 1.